The molecule has 2 aromatic heterocycles. The Bertz CT molecular complexity index is 1430. The lowest BCUT2D eigenvalue weighted by Crippen LogP contribution is -2.19. The number of nitrogens with one attached hydrogen (secondary N) is 4. The molecule has 0 saturated heterocycles. The standard InChI is InChI=1S/C21H21F3N8O3S/c1-3-36(34,35)32-19-15(25-8-11(2)28-19)10-26-18-13(21(22,23)24)9-27-20(31-18)29-14-6-4-5-12-7-16(33)30-17(12)14/h4-6,8-9H,3,7,10H2,1-2H3,(H,28,32)(H,30,33)(H2,26,27,29,31). The normalized spacial score (nSPS) is 13.2. The average molecular weight is 523 g/mol. The molecule has 36 heavy (non-hydrogen) atoms. The summed E-state index contributed by atoms with van der Waals surface area (Å²) in [5.74, 6) is -1.23. The molecule has 11 nitrogen and oxygen atoms in total. The summed E-state index contributed by atoms with van der Waals surface area (Å²) in [6.45, 7) is 2.72. The fraction of sp³-hybridized carbons (Fsp3) is 0.286. The number of hydrogen-bond donors (Lipinski definition) is 4. The lowest BCUT2D eigenvalue weighted by molar-refractivity contribution is -0.137. The first-order valence-corrected chi connectivity index (χ1v) is 12.3. The molecule has 0 spiro atoms. The fourth-order valence-corrected chi connectivity index (χ4v) is 3.96. The third-order valence-corrected chi connectivity index (χ3v) is 6.40. The topological polar surface area (TPSA) is 151 Å². The third kappa shape index (κ3) is 5.62. The number of halogens is 3. The first-order valence-electron chi connectivity index (χ1n) is 10.6. The molecular weight excluding hydrogens is 501 g/mol. The molecule has 1 amide bonds. The van der Waals surface area contributed by atoms with Crippen molar-refractivity contribution < 1.29 is 26.4 Å². The minimum atomic E-state index is -4.77. The van der Waals surface area contributed by atoms with Gasteiger partial charge in [-0.1, -0.05) is 12.1 Å². The Morgan fingerprint density at radius 3 is 2.61 bits per heavy atom. The van der Waals surface area contributed by atoms with Crippen molar-refractivity contribution in [2.45, 2.75) is 33.0 Å². The van der Waals surface area contributed by atoms with Gasteiger partial charge in [-0.25, -0.2) is 18.4 Å². The van der Waals surface area contributed by atoms with E-state index in [0.717, 1.165) is 5.56 Å². The van der Waals surface area contributed by atoms with Crippen molar-refractivity contribution in [3.05, 3.63) is 53.1 Å². The summed E-state index contributed by atoms with van der Waals surface area (Å²) in [4.78, 5) is 27.7. The van der Waals surface area contributed by atoms with Gasteiger partial charge in [-0.05, 0) is 25.5 Å². The van der Waals surface area contributed by atoms with Crippen molar-refractivity contribution in [2.75, 3.05) is 26.4 Å². The van der Waals surface area contributed by atoms with Crippen LogP contribution in [0.5, 0.6) is 0 Å². The minimum absolute atomic E-state index is 0.0717. The van der Waals surface area contributed by atoms with E-state index in [1.54, 1.807) is 25.1 Å². The van der Waals surface area contributed by atoms with Crippen molar-refractivity contribution in [1.29, 1.82) is 0 Å². The van der Waals surface area contributed by atoms with Gasteiger partial charge in [0.05, 0.1) is 35.8 Å². The number of para-hydroxylation sites is 1. The van der Waals surface area contributed by atoms with E-state index in [0.29, 0.717) is 23.3 Å². The van der Waals surface area contributed by atoms with Crippen molar-refractivity contribution in [3.63, 3.8) is 0 Å². The quantitative estimate of drug-likeness (QED) is 0.350. The van der Waals surface area contributed by atoms with E-state index in [2.05, 4.69) is 40.6 Å². The average Bonchev–Trinajstić information content (AvgIpc) is 3.19. The van der Waals surface area contributed by atoms with Crippen LogP contribution >= 0.6 is 0 Å². The molecule has 0 unspecified atom stereocenters. The Hall–Kier alpha value is -4.01. The number of carbonyl (C=O) groups is 1. The predicted molar refractivity (Wildman–Crippen MR) is 126 cm³/mol. The SMILES string of the molecule is CCS(=O)(=O)Nc1nc(C)cnc1CNc1nc(Nc2cccc3c2NC(=O)C3)ncc1C(F)(F)F. The monoisotopic (exact) mass is 522 g/mol. The van der Waals surface area contributed by atoms with E-state index >= 15 is 0 Å². The van der Waals surface area contributed by atoms with Crippen LogP contribution in [0.25, 0.3) is 0 Å². The van der Waals surface area contributed by atoms with E-state index < -0.39 is 27.6 Å². The molecule has 0 bridgehead atoms. The van der Waals surface area contributed by atoms with Gasteiger partial charge in [0.25, 0.3) is 0 Å². The number of nitrogens with zero attached hydrogens (tertiary/aromatic N) is 4. The van der Waals surface area contributed by atoms with E-state index in [1.165, 1.54) is 13.1 Å². The molecule has 15 heteroatoms. The van der Waals surface area contributed by atoms with Gasteiger partial charge in [0.1, 0.15) is 17.1 Å². The van der Waals surface area contributed by atoms with Crippen LogP contribution in [0.1, 0.15) is 29.4 Å². The number of fused-ring (bicyclic) bond motifs is 1. The Morgan fingerprint density at radius 2 is 1.89 bits per heavy atom. The minimum Gasteiger partial charge on any atom is -0.364 e. The van der Waals surface area contributed by atoms with Crippen molar-refractivity contribution in [3.8, 4) is 0 Å². The number of sulfonamides is 1. The van der Waals surface area contributed by atoms with Crippen molar-refractivity contribution in [2.24, 2.45) is 0 Å². The van der Waals surface area contributed by atoms with Crippen LogP contribution in [-0.4, -0.2) is 40.0 Å². The maximum Gasteiger partial charge on any atom is 0.421 e. The maximum absolute atomic E-state index is 13.6. The number of amides is 1. The molecule has 0 radical (unpaired) electrons. The summed E-state index contributed by atoms with van der Waals surface area (Å²) in [6, 6.07) is 5.08. The third-order valence-electron chi connectivity index (χ3n) is 5.13. The van der Waals surface area contributed by atoms with Crippen LogP contribution in [0, 0.1) is 6.92 Å². The number of aryl methyl sites for hydroxylation is 1. The summed E-state index contributed by atoms with van der Waals surface area (Å²) in [6.07, 6.45) is -2.59. The number of alkyl halides is 3. The molecule has 1 aromatic carbocycles. The Kier molecular flexibility index (Phi) is 6.67. The number of hydrogen-bond acceptors (Lipinski definition) is 9. The van der Waals surface area contributed by atoms with Crippen LogP contribution in [0.15, 0.2) is 30.6 Å². The lowest BCUT2D eigenvalue weighted by atomic mass is 10.1. The summed E-state index contributed by atoms with van der Waals surface area (Å²) < 4.78 is 67.2. The molecule has 0 aliphatic carbocycles. The number of rotatable bonds is 8. The zero-order chi connectivity index (χ0) is 26.1. The Balaban J connectivity index is 1.63. The van der Waals surface area contributed by atoms with Gasteiger partial charge >= 0.3 is 6.18 Å². The first kappa shape index (κ1) is 25.1. The van der Waals surface area contributed by atoms with Crippen LogP contribution in [-0.2, 0) is 34.0 Å². The van der Waals surface area contributed by atoms with E-state index in [9.17, 15) is 26.4 Å². The summed E-state index contributed by atoms with van der Waals surface area (Å²) >= 11 is 0. The largest absolute Gasteiger partial charge is 0.421 e. The van der Waals surface area contributed by atoms with E-state index in [1.807, 2.05) is 0 Å². The molecule has 0 atom stereocenters. The molecular formula is C21H21F3N8O3S. The number of aromatic nitrogens is 4. The molecule has 4 N–H and O–H groups in total. The summed E-state index contributed by atoms with van der Waals surface area (Å²) in [5.41, 5.74) is 1.01. The number of anilines is 5. The van der Waals surface area contributed by atoms with Crippen molar-refractivity contribution >= 4 is 44.9 Å². The van der Waals surface area contributed by atoms with Crippen LogP contribution in [0.3, 0.4) is 0 Å². The zero-order valence-electron chi connectivity index (χ0n) is 19.1. The van der Waals surface area contributed by atoms with Gasteiger partial charge in [-0.3, -0.25) is 14.5 Å². The maximum atomic E-state index is 13.6. The highest BCUT2D eigenvalue weighted by molar-refractivity contribution is 7.92. The van der Waals surface area contributed by atoms with Gasteiger partial charge < -0.3 is 16.0 Å². The van der Waals surface area contributed by atoms with E-state index in [-0.39, 0.29) is 42.1 Å². The van der Waals surface area contributed by atoms with E-state index in [4.69, 9.17) is 0 Å². The zero-order valence-corrected chi connectivity index (χ0v) is 19.9. The second-order valence-corrected chi connectivity index (χ2v) is 9.82. The van der Waals surface area contributed by atoms with Crippen LogP contribution in [0.2, 0.25) is 0 Å². The van der Waals surface area contributed by atoms with Gasteiger partial charge in [0.2, 0.25) is 21.9 Å². The highest BCUT2D eigenvalue weighted by atomic mass is 32.2. The fourth-order valence-electron chi connectivity index (χ4n) is 3.36. The van der Waals surface area contributed by atoms with Crippen molar-refractivity contribution in [1.82, 2.24) is 19.9 Å². The molecule has 0 saturated carbocycles. The van der Waals surface area contributed by atoms with Crippen LogP contribution < -0.4 is 20.7 Å². The number of benzene rings is 1. The molecule has 4 rings (SSSR count). The molecule has 3 heterocycles. The van der Waals surface area contributed by atoms with Crippen LogP contribution in [0.4, 0.5) is 42.1 Å². The second-order valence-electron chi connectivity index (χ2n) is 7.81. The van der Waals surface area contributed by atoms with Gasteiger partial charge in [-0.2, -0.15) is 18.2 Å². The number of carbonyl (C=O) groups excluding carboxylic acids is 1. The van der Waals surface area contributed by atoms with Gasteiger partial charge in [0.15, 0.2) is 5.82 Å². The Labute approximate surface area is 204 Å². The molecule has 1 aliphatic rings. The molecule has 1 aliphatic heterocycles. The highest BCUT2D eigenvalue weighted by Crippen LogP contribution is 2.36. The molecule has 190 valence electrons. The van der Waals surface area contributed by atoms with Gasteiger partial charge in [-0.15, -0.1) is 0 Å². The Morgan fingerprint density at radius 1 is 1.11 bits per heavy atom. The smallest absolute Gasteiger partial charge is 0.364 e. The lowest BCUT2D eigenvalue weighted by Gasteiger charge is -2.16. The predicted octanol–water partition coefficient (Wildman–Crippen LogP) is 3.21. The summed E-state index contributed by atoms with van der Waals surface area (Å²) in [5, 5.41) is 8.10. The molecule has 3 aromatic rings. The first-order chi connectivity index (χ1) is 16.9. The van der Waals surface area contributed by atoms with Gasteiger partial charge in [0, 0.05) is 12.4 Å². The second kappa shape index (κ2) is 9.56. The summed E-state index contributed by atoms with van der Waals surface area (Å²) in [7, 11) is -3.70. The highest BCUT2D eigenvalue weighted by Gasteiger charge is 2.35. The molecule has 0 fully saturated rings.